The van der Waals surface area contributed by atoms with E-state index in [2.05, 4.69) is 16.7 Å². The third kappa shape index (κ3) is 2.56. The van der Waals surface area contributed by atoms with Crippen LogP contribution in [-0.2, 0) is 7.05 Å². The molecule has 1 aliphatic rings. The minimum absolute atomic E-state index is 0.0350. The van der Waals surface area contributed by atoms with Gasteiger partial charge in [0, 0.05) is 36.8 Å². The Morgan fingerprint density at radius 3 is 3.05 bits per heavy atom. The standard InChI is InChI=1S/C16H21N3O/c1-19-15-8-3-2-7-13(15)14(10-16(19)20)18-12-6-4-5-9-17-11-12/h2-3,7-8,10,12,17-18H,4-6,9,11H2,1H3. The fourth-order valence-corrected chi connectivity index (χ4v) is 2.89. The van der Waals surface area contributed by atoms with Gasteiger partial charge in [0.15, 0.2) is 0 Å². The number of aromatic nitrogens is 1. The Morgan fingerprint density at radius 2 is 2.15 bits per heavy atom. The van der Waals surface area contributed by atoms with Gasteiger partial charge in [-0.3, -0.25) is 4.79 Å². The molecule has 20 heavy (non-hydrogen) atoms. The van der Waals surface area contributed by atoms with E-state index in [1.165, 1.54) is 12.8 Å². The summed E-state index contributed by atoms with van der Waals surface area (Å²) in [7, 11) is 1.82. The van der Waals surface area contributed by atoms with E-state index in [-0.39, 0.29) is 5.56 Å². The molecule has 2 N–H and O–H groups in total. The highest BCUT2D eigenvalue weighted by Crippen LogP contribution is 2.22. The lowest BCUT2D eigenvalue weighted by Gasteiger charge is -2.19. The van der Waals surface area contributed by atoms with Gasteiger partial charge >= 0.3 is 0 Å². The molecule has 0 radical (unpaired) electrons. The summed E-state index contributed by atoms with van der Waals surface area (Å²) in [6.45, 7) is 2.05. The summed E-state index contributed by atoms with van der Waals surface area (Å²) >= 11 is 0. The number of hydrogen-bond donors (Lipinski definition) is 2. The molecule has 1 fully saturated rings. The molecule has 1 aliphatic heterocycles. The van der Waals surface area contributed by atoms with E-state index in [0.29, 0.717) is 6.04 Å². The van der Waals surface area contributed by atoms with E-state index in [0.717, 1.165) is 36.1 Å². The third-order valence-electron chi connectivity index (χ3n) is 4.06. The van der Waals surface area contributed by atoms with Crippen LogP contribution in [-0.4, -0.2) is 23.7 Å². The topological polar surface area (TPSA) is 46.1 Å². The van der Waals surface area contributed by atoms with Crippen LogP contribution in [0, 0.1) is 0 Å². The number of anilines is 1. The van der Waals surface area contributed by atoms with E-state index >= 15 is 0 Å². The van der Waals surface area contributed by atoms with Gasteiger partial charge in [-0.1, -0.05) is 24.6 Å². The summed E-state index contributed by atoms with van der Waals surface area (Å²) in [5.74, 6) is 0. The lowest BCUT2D eigenvalue weighted by Crippen LogP contribution is -2.31. The van der Waals surface area contributed by atoms with Gasteiger partial charge in [-0.15, -0.1) is 0 Å². The van der Waals surface area contributed by atoms with Crippen molar-refractivity contribution in [1.82, 2.24) is 9.88 Å². The zero-order chi connectivity index (χ0) is 13.9. The monoisotopic (exact) mass is 271 g/mol. The van der Waals surface area contributed by atoms with Gasteiger partial charge < -0.3 is 15.2 Å². The van der Waals surface area contributed by atoms with Crippen molar-refractivity contribution < 1.29 is 0 Å². The highest BCUT2D eigenvalue weighted by molar-refractivity contribution is 5.91. The predicted molar refractivity (Wildman–Crippen MR) is 83.3 cm³/mol. The highest BCUT2D eigenvalue weighted by Gasteiger charge is 2.14. The molecular weight excluding hydrogens is 250 g/mol. The summed E-state index contributed by atoms with van der Waals surface area (Å²) in [6, 6.07) is 10.2. The molecule has 0 spiro atoms. The second-order valence-corrected chi connectivity index (χ2v) is 5.51. The number of rotatable bonds is 2. The Bertz CT molecular complexity index is 654. The number of nitrogens with zero attached hydrogens (tertiary/aromatic N) is 1. The molecule has 0 saturated carbocycles. The fraction of sp³-hybridized carbons (Fsp3) is 0.438. The van der Waals surface area contributed by atoms with Crippen molar-refractivity contribution in [3.63, 3.8) is 0 Å². The van der Waals surface area contributed by atoms with Gasteiger partial charge in [-0.05, 0) is 25.5 Å². The zero-order valence-corrected chi connectivity index (χ0v) is 11.9. The molecule has 0 bridgehead atoms. The lowest BCUT2D eigenvalue weighted by atomic mass is 10.1. The summed E-state index contributed by atoms with van der Waals surface area (Å²) in [5, 5.41) is 8.11. The van der Waals surface area contributed by atoms with Crippen LogP contribution in [0.5, 0.6) is 0 Å². The van der Waals surface area contributed by atoms with E-state index < -0.39 is 0 Å². The van der Waals surface area contributed by atoms with Crippen LogP contribution in [0.2, 0.25) is 0 Å². The molecule has 2 heterocycles. The van der Waals surface area contributed by atoms with Gasteiger partial charge in [0.1, 0.15) is 0 Å². The van der Waals surface area contributed by atoms with Crippen LogP contribution < -0.4 is 16.2 Å². The summed E-state index contributed by atoms with van der Waals surface area (Å²) in [6.07, 6.45) is 3.61. The Labute approximate surface area is 118 Å². The molecule has 1 saturated heterocycles. The van der Waals surface area contributed by atoms with Crippen LogP contribution in [0.1, 0.15) is 19.3 Å². The zero-order valence-electron chi connectivity index (χ0n) is 11.9. The molecule has 2 aromatic rings. The fourth-order valence-electron chi connectivity index (χ4n) is 2.89. The first kappa shape index (κ1) is 13.2. The number of nitrogens with one attached hydrogen (secondary N) is 2. The second kappa shape index (κ2) is 5.67. The molecule has 1 aromatic heterocycles. The first-order chi connectivity index (χ1) is 9.75. The van der Waals surface area contributed by atoms with Crippen molar-refractivity contribution in [2.45, 2.75) is 25.3 Å². The van der Waals surface area contributed by atoms with Crippen molar-refractivity contribution in [2.24, 2.45) is 7.05 Å². The van der Waals surface area contributed by atoms with E-state index in [1.54, 1.807) is 10.6 Å². The Kier molecular flexibility index (Phi) is 3.74. The van der Waals surface area contributed by atoms with Crippen molar-refractivity contribution in [2.75, 3.05) is 18.4 Å². The van der Waals surface area contributed by atoms with Crippen LogP contribution in [0.4, 0.5) is 5.69 Å². The van der Waals surface area contributed by atoms with Crippen LogP contribution in [0.3, 0.4) is 0 Å². The third-order valence-corrected chi connectivity index (χ3v) is 4.06. The van der Waals surface area contributed by atoms with Crippen molar-refractivity contribution in [3.8, 4) is 0 Å². The lowest BCUT2D eigenvalue weighted by molar-refractivity contribution is 0.636. The second-order valence-electron chi connectivity index (χ2n) is 5.51. The molecule has 106 valence electrons. The highest BCUT2D eigenvalue weighted by atomic mass is 16.1. The van der Waals surface area contributed by atoms with Crippen LogP contribution in [0.25, 0.3) is 10.9 Å². The normalized spacial score (nSPS) is 19.8. The molecule has 0 amide bonds. The van der Waals surface area contributed by atoms with Gasteiger partial charge in [-0.2, -0.15) is 0 Å². The average Bonchev–Trinajstić information content (AvgIpc) is 2.73. The number of benzene rings is 1. The minimum atomic E-state index is 0.0350. The summed E-state index contributed by atoms with van der Waals surface area (Å²) < 4.78 is 1.70. The SMILES string of the molecule is Cn1c(=O)cc(NC2CCCCNC2)c2ccccc21. The molecule has 0 aliphatic carbocycles. The maximum Gasteiger partial charge on any atom is 0.252 e. The molecule has 3 rings (SSSR count). The predicted octanol–water partition coefficient (Wildman–Crippen LogP) is 2.09. The molecule has 1 atom stereocenters. The molecule has 1 unspecified atom stereocenters. The number of hydrogen-bond acceptors (Lipinski definition) is 3. The summed E-state index contributed by atoms with van der Waals surface area (Å²) in [5.41, 5.74) is 1.97. The van der Waals surface area contributed by atoms with Gasteiger partial charge in [0.2, 0.25) is 0 Å². The maximum atomic E-state index is 12.1. The van der Waals surface area contributed by atoms with Crippen molar-refractivity contribution in [3.05, 3.63) is 40.7 Å². The Morgan fingerprint density at radius 1 is 1.30 bits per heavy atom. The minimum Gasteiger partial charge on any atom is -0.380 e. The summed E-state index contributed by atoms with van der Waals surface area (Å²) in [4.78, 5) is 12.1. The molecule has 1 aromatic carbocycles. The van der Waals surface area contributed by atoms with Crippen molar-refractivity contribution >= 4 is 16.6 Å². The van der Waals surface area contributed by atoms with Gasteiger partial charge in [-0.25, -0.2) is 0 Å². The number of fused-ring (bicyclic) bond motifs is 1. The quantitative estimate of drug-likeness (QED) is 0.879. The van der Waals surface area contributed by atoms with Gasteiger partial charge in [0.05, 0.1) is 5.52 Å². The maximum absolute atomic E-state index is 12.1. The van der Waals surface area contributed by atoms with Gasteiger partial charge in [0.25, 0.3) is 5.56 Å². The van der Waals surface area contributed by atoms with E-state index in [9.17, 15) is 4.79 Å². The van der Waals surface area contributed by atoms with E-state index in [1.807, 2.05) is 25.2 Å². The first-order valence-corrected chi connectivity index (χ1v) is 7.32. The van der Waals surface area contributed by atoms with Crippen LogP contribution in [0.15, 0.2) is 35.1 Å². The molecular formula is C16H21N3O. The molecule has 4 heteroatoms. The number of para-hydroxylation sites is 1. The Hall–Kier alpha value is -1.81. The van der Waals surface area contributed by atoms with E-state index in [4.69, 9.17) is 0 Å². The van der Waals surface area contributed by atoms with Crippen molar-refractivity contribution in [1.29, 1.82) is 0 Å². The number of aryl methyl sites for hydroxylation is 1. The molecule has 4 nitrogen and oxygen atoms in total. The smallest absolute Gasteiger partial charge is 0.252 e. The van der Waals surface area contributed by atoms with Crippen LogP contribution >= 0.6 is 0 Å². The average molecular weight is 271 g/mol. The first-order valence-electron chi connectivity index (χ1n) is 7.32. The number of pyridine rings is 1. The Balaban J connectivity index is 1.98. The largest absolute Gasteiger partial charge is 0.380 e.